The lowest BCUT2D eigenvalue weighted by atomic mass is 9.91. The Hall–Kier alpha value is -0.610. The minimum atomic E-state index is -1.52. The predicted molar refractivity (Wildman–Crippen MR) is 52.7 cm³/mol. The van der Waals surface area contributed by atoms with Crippen LogP contribution in [0.15, 0.2) is 0 Å². The molecule has 4 heteroatoms. The van der Waals surface area contributed by atoms with Gasteiger partial charge in [-0.05, 0) is 18.8 Å². The van der Waals surface area contributed by atoms with E-state index < -0.39 is 11.6 Å². The van der Waals surface area contributed by atoms with E-state index in [1.54, 1.807) is 0 Å². The van der Waals surface area contributed by atoms with Crippen LogP contribution in [-0.4, -0.2) is 35.5 Å². The molecule has 0 aromatic heterocycles. The van der Waals surface area contributed by atoms with Gasteiger partial charge in [0.15, 0.2) is 5.60 Å². The number of esters is 1. The van der Waals surface area contributed by atoms with Gasteiger partial charge >= 0.3 is 5.97 Å². The van der Waals surface area contributed by atoms with E-state index in [9.17, 15) is 9.90 Å². The molecule has 0 aliphatic carbocycles. The molecule has 0 rings (SSSR count). The summed E-state index contributed by atoms with van der Waals surface area (Å²) in [6.07, 6.45) is 1.09. The summed E-state index contributed by atoms with van der Waals surface area (Å²) in [7, 11) is 1.24. The van der Waals surface area contributed by atoms with Gasteiger partial charge in [-0.25, -0.2) is 4.79 Å². The summed E-state index contributed by atoms with van der Waals surface area (Å²) in [5.74, 6) is -0.253. The molecule has 0 saturated carbocycles. The maximum atomic E-state index is 11.3. The van der Waals surface area contributed by atoms with Gasteiger partial charge in [-0.3, -0.25) is 0 Å². The number of carbonyl (C=O) groups is 1. The van der Waals surface area contributed by atoms with Crippen molar-refractivity contribution in [3.63, 3.8) is 0 Å². The summed E-state index contributed by atoms with van der Waals surface area (Å²) >= 11 is 0. The van der Waals surface area contributed by atoms with Gasteiger partial charge in [0, 0.05) is 13.0 Å². The van der Waals surface area contributed by atoms with Crippen molar-refractivity contribution < 1.29 is 19.7 Å². The van der Waals surface area contributed by atoms with Crippen molar-refractivity contribution in [2.24, 2.45) is 5.92 Å². The largest absolute Gasteiger partial charge is 0.467 e. The van der Waals surface area contributed by atoms with Crippen LogP contribution < -0.4 is 0 Å². The molecule has 0 aliphatic heterocycles. The van der Waals surface area contributed by atoms with Crippen molar-refractivity contribution >= 4 is 5.97 Å². The molecule has 0 heterocycles. The second kappa shape index (κ2) is 5.98. The molecule has 0 aliphatic rings. The highest BCUT2D eigenvalue weighted by Gasteiger charge is 2.36. The fraction of sp³-hybridized carbons (Fsp3) is 0.900. The Morgan fingerprint density at radius 3 is 2.36 bits per heavy atom. The summed E-state index contributed by atoms with van der Waals surface area (Å²) in [5.41, 5.74) is -1.52. The van der Waals surface area contributed by atoms with Crippen LogP contribution in [0, 0.1) is 5.92 Å². The molecule has 4 nitrogen and oxygen atoms in total. The Balaban J connectivity index is 4.30. The number of aliphatic hydroxyl groups is 2. The summed E-state index contributed by atoms with van der Waals surface area (Å²) in [5, 5.41) is 18.6. The maximum absolute atomic E-state index is 11.3. The van der Waals surface area contributed by atoms with Gasteiger partial charge in [-0.15, -0.1) is 0 Å². The zero-order valence-electron chi connectivity index (χ0n) is 9.12. The topological polar surface area (TPSA) is 66.8 Å². The Kier molecular flexibility index (Phi) is 5.72. The molecule has 0 spiro atoms. The average Bonchev–Trinajstić information content (AvgIpc) is 2.14. The molecule has 1 atom stereocenters. The number of hydrogen-bond donors (Lipinski definition) is 2. The van der Waals surface area contributed by atoms with E-state index in [0.717, 1.165) is 6.42 Å². The lowest BCUT2D eigenvalue weighted by molar-refractivity contribution is -0.165. The van der Waals surface area contributed by atoms with Crippen LogP contribution in [0.5, 0.6) is 0 Å². The van der Waals surface area contributed by atoms with Crippen LogP contribution >= 0.6 is 0 Å². The minimum Gasteiger partial charge on any atom is -0.467 e. The summed E-state index contributed by atoms with van der Waals surface area (Å²) in [6.45, 7) is 3.80. The van der Waals surface area contributed by atoms with Gasteiger partial charge in [-0.1, -0.05) is 13.8 Å². The SMILES string of the molecule is COC(=O)[C@](O)(CCO)CCC(C)C. The van der Waals surface area contributed by atoms with Gasteiger partial charge in [0.25, 0.3) is 0 Å². The number of ether oxygens (including phenoxy) is 1. The first kappa shape index (κ1) is 13.4. The molecule has 14 heavy (non-hydrogen) atoms. The van der Waals surface area contributed by atoms with Gasteiger partial charge in [0.1, 0.15) is 0 Å². The van der Waals surface area contributed by atoms with Crippen molar-refractivity contribution in [1.29, 1.82) is 0 Å². The average molecular weight is 204 g/mol. The van der Waals surface area contributed by atoms with E-state index in [4.69, 9.17) is 5.11 Å². The molecule has 0 unspecified atom stereocenters. The van der Waals surface area contributed by atoms with Crippen LogP contribution in [-0.2, 0) is 9.53 Å². The molecule has 2 N–H and O–H groups in total. The molecule has 0 aromatic rings. The molecule has 0 amide bonds. The lowest BCUT2D eigenvalue weighted by Crippen LogP contribution is -2.40. The van der Waals surface area contributed by atoms with Crippen LogP contribution in [0.3, 0.4) is 0 Å². The van der Waals surface area contributed by atoms with Gasteiger partial charge in [0.05, 0.1) is 7.11 Å². The smallest absolute Gasteiger partial charge is 0.337 e. The molecule has 0 radical (unpaired) electrons. The van der Waals surface area contributed by atoms with E-state index >= 15 is 0 Å². The highest BCUT2D eigenvalue weighted by atomic mass is 16.5. The highest BCUT2D eigenvalue weighted by Crippen LogP contribution is 2.21. The van der Waals surface area contributed by atoms with Gasteiger partial charge < -0.3 is 14.9 Å². The lowest BCUT2D eigenvalue weighted by Gasteiger charge is -2.25. The van der Waals surface area contributed by atoms with Crippen molar-refractivity contribution in [3.05, 3.63) is 0 Å². The summed E-state index contributed by atoms with van der Waals surface area (Å²) in [4.78, 5) is 11.3. The minimum absolute atomic E-state index is 0.0341. The third kappa shape index (κ3) is 4.07. The van der Waals surface area contributed by atoms with Gasteiger partial charge in [-0.2, -0.15) is 0 Å². The third-order valence-corrected chi connectivity index (χ3v) is 2.23. The number of carbonyl (C=O) groups excluding carboxylic acids is 1. The second-order valence-electron chi connectivity index (χ2n) is 3.93. The van der Waals surface area contributed by atoms with E-state index in [2.05, 4.69) is 4.74 Å². The zero-order chi connectivity index (χ0) is 11.2. The molecule has 0 saturated heterocycles. The molecule has 84 valence electrons. The van der Waals surface area contributed by atoms with Crippen LogP contribution in [0.2, 0.25) is 0 Å². The number of rotatable bonds is 6. The van der Waals surface area contributed by atoms with Crippen molar-refractivity contribution in [3.8, 4) is 0 Å². The van der Waals surface area contributed by atoms with Crippen molar-refractivity contribution in [2.75, 3.05) is 13.7 Å². The van der Waals surface area contributed by atoms with E-state index in [0.29, 0.717) is 12.3 Å². The van der Waals surface area contributed by atoms with Crippen LogP contribution in [0.1, 0.15) is 33.1 Å². The third-order valence-electron chi connectivity index (χ3n) is 2.23. The fourth-order valence-corrected chi connectivity index (χ4v) is 1.23. The highest BCUT2D eigenvalue weighted by molar-refractivity contribution is 5.79. The van der Waals surface area contributed by atoms with Crippen LogP contribution in [0.4, 0.5) is 0 Å². The Morgan fingerprint density at radius 2 is 2.00 bits per heavy atom. The monoisotopic (exact) mass is 204 g/mol. The predicted octanol–water partition coefficient (Wildman–Crippen LogP) is 0.709. The van der Waals surface area contributed by atoms with Crippen LogP contribution in [0.25, 0.3) is 0 Å². The fourth-order valence-electron chi connectivity index (χ4n) is 1.23. The second-order valence-corrected chi connectivity index (χ2v) is 3.93. The van der Waals surface area contributed by atoms with E-state index in [1.165, 1.54) is 7.11 Å². The zero-order valence-corrected chi connectivity index (χ0v) is 9.12. The maximum Gasteiger partial charge on any atom is 0.337 e. The normalized spacial score (nSPS) is 15.3. The van der Waals surface area contributed by atoms with Crippen molar-refractivity contribution in [1.82, 2.24) is 0 Å². The number of aliphatic hydroxyl groups excluding tert-OH is 1. The van der Waals surface area contributed by atoms with E-state index in [-0.39, 0.29) is 13.0 Å². The quantitative estimate of drug-likeness (QED) is 0.625. The number of methoxy groups -OCH3 is 1. The first-order chi connectivity index (χ1) is 6.46. The van der Waals surface area contributed by atoms with Crippen molar-refractivity contribution in [2.45, 2.75) is 38.7 Å². The Morgan fingerprint density at radius 1 is 1.43 bits per heavy atom. The molecular weight excluding hydrogens is 184 g/mol. The standard InChI is InChI=1S/C10H20O4/c1-8(2)4-5-10(13,6-7-11)9(12)14-3/h8,11,13H,4-7H2,1-3H3/t10-/m1/s1. The van der Waals surface area contributed by atoms with E-state index in [1.807, 2.05) is 13.8 Å². The summed E-state index contributed by atoms with van der Waals surface area (Å²) in [6, 6.07) is 0. The first-order valence-corrected chi connectivity index (χ1v) is 4.88. The van der Waals surface area contributed by atoms with Gasteiger partial charge in [0.2, 0.25) is 0 Å². The molecular formula is C10H20O4. The summed E-state index contributed by atoms with van der Waals surface area (Å²) < 4.78 is 4.50. The molecule has 0 aromatic carbocycles. The Labute approximate surface area is 84.9 Å². The molecule has 0 bridgehead atoms. The Bertz CT molecular complexity index is 179. The molecule has 0 fully saturated rings. The first-order valence-electron chi connectivity index (χ1n) is 4.88. The number of hydrogen-bond acceptors (Lipinski definition) is 4.